The average molecular weight is 437 g/mol. The molecule has 0 N–H and O–H groups in total. The highest BCUT2D eigenvalue weighted by Gasteiger charge is 2.21. The number of rotatable bonds is 6. The Morgan fingerprint density at radius 3 is 2.26 bits per heavy atom. The van der Waals surface area contributed by atoms with Crippen LogP contribution in [0.1, 0.15) is 18.5 Å². The lowest BCUT2D eigenvalue weighted by molar-refractivity contribution is 0.247. The van der Waals surface area contributed by atoms with Gasteiger partial charge in [-0.2, -0.15) is 0 Å². The number of anilines is 2. The molecule has 162 valence electrons. The molecule has 8 heteroatoms. The third-order valence-electron chi connectivity index (χ3n) is 6.04. The Hall–Kier alpha value is -2.71. The van der Waals surface area contributed by atoms with Gasteiger partial charge in [0, 0.05) is 62.8 Å². The molecule has 5 rings (SSSR count). The Kier molecular flexibility index (Phi) is 5.99. The van der Waals surface area contributed by atoms with Crippen molar-refractivity contribution < 1.29 is 4.74 Å². The quantitative estimate of drug-likeness (QED) is 0.586. The Labute approximate surface area is 187 Å². The first kappa shape index (κ1) is 20.2. The molecule has 3 aromatic rings. The highest BCUT2D eigenvalue weighted by molar-refractivity contribution is 7.13. The van der Waals surface area contributed by atoms with Crippen LogP contribution in [-0.2, 0) is 6.54 Å². The molecule has 2 aliphatic rings. The maximum Gasteiger partial charge on any atom is 0.134 e. The highest BCUT2D eigenvalue weighted by Crippen LogP contribution is 2.27. The van der Waals surface area contributed by atoms with Gasteiger partial charge < -0.3 is 14.5 Å². The van der Waals surface area contributed by atoms with Crippen LogP contribution in [0, 0.1) is 0 Å². The van der Waals surface area contributed by atoms with Gasteiger partial charge in [0.1, 0.15) is 28.7 Å². The van der Waals surface area contributed by atoms with Gasteiger partial charge in [-0.25, -0.2) is 15.0 Å². The van der Waals surface area contributed by atoms with Crippen molar-refractivity contribution in [3.05, 3.63) is 47.7 Å². The van der Waals surface area contributed by atoms with Crippen LogP contribution in [0.25, 0.3) is 10.6 Å². The van der Waals surface area contributed by atoms with Crippen molar-refractivity contribution in [2.75, 3.05) is 56.2 Å². The lowest BCUT2D eigenvalue weighted by Crippen LogP contribution is -2.46. The van der Waals surface area contributed by atoms with Crippen LogP contribution in [0.4, 0.5) is 11.6 Å². The Morgan fingerprint density at radius 1 is 0.903 bits per heavy atom. The van der Waals surface area contributed by atoms with Crippen molar-refractivity contribution in [2.45, 2.75) is 19.4 Å². The van der Waals surface area contributed by atoms with Crippen LogP contribution in [0.5, 0.6) is 5.75 Å². The molecule has 2 fully saturated rings. The minimum absolute atomic E-state index is 0.870. The lowest BCUT2D eigenvalue weighted by atomic mass is 10.2. The molecule has 0 amide bonds. The van der Waals surface area contributed by atoms with Gasteiger partial charge in [0.05, 0.1) is 12.8 Å². The number of thiazole rings is 1. The number of hydrogen-bond donors (Lipinski definition) is 0. The summed E-state index contributed by atoms with van der Waals surface area (Å²) in [7, 11) is 1.69. The number of hydrogen-bond acceptors (Lipinski definition) is 8. The molecule has 7 nitrogen and oxygen atoms in total. The van der Waals surface area contributed by atoms with E-state index >= 15 is 0 Å². The van der Waals surface area contributed by atoms with Crippen LogP contribution in [-0.4, -0.2) is 66.2 Å². The predicted octanol–water partition coefficient (Wildman–Crippen LogP) is 3.53. The second-order valence-corrected chi connectivity index (χ2v) is 8.92. The number of aromatic nitrogens is 3. The molecule has 4 heterocycles. The molecule has 0 unspecified atom stereocenters. The van der Waals surface area contributed by atoms with Crippen molar-refractivity contribution in [1.82, 2.24) is 19.9 Å². The van der Waals surface area contributed by atoms with Gasteiger partial charge in [-0.1, -0.05) is 0 Å². The van der Waals surface area contributed by atoms with E-state index in [2.05, 4.69) is 48.2 Å². The zero-order valence-corrected chi connectivity index (χ0v) is 18.7. The summed E-state index contributed by atoms with van der Waals surface area (Å²) in [6.07, 6.45) is 4.23. The third-order valence-corrected chi connectivity index (χ3v) is 6.98. The van der Waals surface area contributed by atoms with Crippen LogP contribution in [0.15, 0.2) is 42.0 Å². The van der Waals surface area contributed by atoms with Gasteiger partial charge in [0.2, 0.25) is 0 Å². The molecular formula is C23H28N6OS. The first-order valence-electron chi connectivity index (χ1n) is 10.9. The van der Waals surface area contributed by atoms with E-state index in [1.54, 1.807) is 24.8 Å². The molecule has 1 aromatic carbocycles. The maximum atomic E-state index is 5.25. The van der Waals surface area contributed by atoms with Crippen LogP contribution in [0.2, 0.25) is 0 Å². The van der Waals surface area contributed by atoms with Gasteiger partial charge in [-0.05, 0) is 37.1 Å². The minimum Gasteiger partial charge on any atom is -0.497 e. The largest absolute Gasteiger partial charge is 0.497 e. The fourth-order valence-corrected chi connectivity index (χ4v) is 5.06. The van der Waals surface area contributed by atoms with E-state index in [1.165, 1.54) is 12.8 Å². The summed E-state index contributed by atoms with van der Waals surface area (Å²) in [5.41, 5.74) is 2.28. The van der Waals surface area contributed by atoms with Gasteiger partial charge >= 0.3 is 0 Å². The van der Waals surface area contributed by atoms with E-state index in [-0.39, 0.29) is 0 Å². The summed E-state index contributed by atoms with van der Waals surface area (Å²) in [6.45, 7) is 7.09. The molecule has 0 radical (unpaired) electrons. The summed E-state index contributed by atoms with van der Waals surface area (Å²) >= 11 is 1.71. The number of benzene rings is 1. The van der Waals surface area contributed by atoms with Crippen LogP contribution < -0.4 is 14.5 Å². The number of ether oxygens (including phenoxy) is 1. The predicted molar refractivity (Wildman–Crippen MR) is 125 cm³/mol. The van der Waals surface area contributed by atoms with E-state index in [9.17, 15) is 0 Å². The van der Waals surface area contributed by atoms with Gasteiger partial charge in [0.25, 0.3) is 0 Å². The van der Waals surface area contributed by atoms with E-state index in [1.807, 2.05) is 12.1 Å². The van der Waals surface area contributed by atoms with Crippen molar-refractivity contribution in [3.63, 3.8) is 0 Å². The SMILES string of the molecule is COc1ccc(-c2nc(CN3CCN(c4cc(N5CCCC5)ncn4)CC3)cs2)cc1. The van der Waals surface area contributed by atoms with E-state index < -0.39 is 0 Å². The summed E-state index contributed by atoms with van der Waals surface area (Å²) in [4.78, 5) is 21.1. The average Bonchev–Trinajstić information content (AvgIpc) is 3.53. The second-order valence-electron chi connectivity index (χ2n) is 8.06. The smallest absolute Gasteiger partial charge is 0.134 e. The van der Waals surface area contributed by atoms with Gasteiger partial charge in [-0.3, -0.25) is 4.90 Å². The molecular weight excluding hydrogens is 408 g/mol. The Bertz CT molecular complexity index is 993. The first-order valence-corrected chi connectivity index (χ1v) is 11.8. The highest BCUT2D eigenvalue weighted by atomic mass is 32.1. The zero-order valence-electron chi connectivity index (χ0n) is 17.9. The molecule has 0 atom stereocenters. The minimum atomic E-state index is 0.870. The van der Waals surface area contributed by atoms with Crippen molar-refractivity contribution in [3.8, 4) is 16.3 Å². The number of nitrogens with zero attached hydrogens (tertiary/aromatic N) is 6. The molecule has 0 aliphatic carbocycles. The molecule has 2 saturated heterocycles. The van der Waals surface area contributed by atoms with Gasteiger partial charge in [-0.15, -0.1) is 11.3 Å². The summed E-state index contributed by atoms with van der Waals surface area (Å²) in [6, 6.07) is 10.3. The monoisotopic (exact) mass is 436 g/mol. The van der Waals surface area contributed by atoms with Crippen molar-refractivity contribution >= 4 is 23.0 Å². The third kappa shape index (κ3) is 4.65. The van der Waals surface area contributed by atoms with E-state index in [0.29, 0.717) is 0 Å². The van der Waals surface area contributed by atoms with Gasteiger partial charge in [0.15, 0.2) is 0 Å². The van der Waals surface area contributed by atoms with Crippen molar-refractivity contribution in [1.29, 1.82) is 0 Å². The maximum absolute atomic E-state index is 5.25. The molecule has 2 aliphatic heterocycles. The summed E-state index contributed by atoms with van der Waals surface area (Å²) in [5, 5.41) is 3.24. The second kappa shape index (κ2) is 9.20. The van der Waals surface area contributed by atoms with E-state index in [4.69, 9.17) is 9.72 Å². The number of methoxy groups -OCH3 is 1. The Morgan fingerprint density at radius 2 is 1.58 bits per heavy atom. The summed E-state index contributed by atoms with van der Waals surface area (Å²) in [5.74, 6) is 2.99. The molecule has 2 aromatic heterocycles. The first-order chi connectivity index (χ1) is 15.3. The lowest BCUT2D eigenvalue weighted by Gasteiger charge is -2.35. The molecule has 0 saturated carbocycles. The topological polar surface area (TPSA) is 57.6 Å². The molecule has 31 heavy (non-hydrogen) atoms. The fraction of sp³-hybridized carbons (Fsp3) is 0.435. The molecule has 0 spiro atoms. The van der Waals surface area contributed by atoms with Crippen molar-refractivity contribution in [2.24, 2.45) is 0 Å². The van der Waals surface area contributed by atoms with E-state index in [0.717, 1.165) is 79.5 Å². The van der Waals surface area contributed by atoms with Crippen LogP contribution >= 0.6 is 11.3 Å². The summed E-state index contributed by atoms with van der Waals surface area (Å²) < 4.78 is 5.25. The fourth-order valence-electron chi connectivity index (χ4n) is 4.24. The van der Waals surface area contributed by atoms with Crippen LogP contribution in [0.3, 0.4) is 0 Å². The normalized spacial score (nSPS) is 17.3. The number of piperazine rings is 1. The zero-order chi connectivity index (χ0) is 21.0. The molecule has 0 bridgehead atoms. The Balaban J connectivity index is 1.17. The standard InChI is InChI=1S/C23H28N6OS/c1-30-20-6-4-18(5-7-20)23-26-19(16-31-23)15-27-10-12-29(13-11-27)22-14-21(24-17-25-22)28-8-2-3-9-28/h4-7,14,16-17H,2-3,8-13,15H2,1H3.